The standard InChI is InChI=1S/C5H11N3O/c6-5-4(3-9)7-1-2-8-5/h3-5,7-8H,1-2,6H2. The van der Waals surface area contributed by atoms with Crippen LogP contribution in [-0.2, 0) is 4.79 Å². The quantitative estimate of drug-likeness (QED) is 0.359. The largest absolute Gasteiger partial charge is 0.314 e. The van der Waals surface area contributed by atoms with Crippen molar-refractivity contribution in [2.75, 3.05) is 13.1 Å². The highest BCUT2D eigenvalue weighted by Crippen LogP contribution is 1.86. The fourth-order valence-electron chi connectivity index (χ4n) is 0.864. The summed E-state index contributed by atoms with van der Waals surface area (Å²) < 4.78 is 0. The summed E-state index contributed by atoms with van der Waals surface area (Å²) in [7, 11) is 0. The number of nitrogens with two attached hydrogens (primary N) is 1. The van der Waals surface area contributed by atoms with Crippen molar-refractivity contribution in [3.8, 4) is 0 Å². The molecule has 1 fully saturated rings. The normalized spacial score (nSPS) is 36.1. The van der Waals surface area contributed by atoms with E-state index in [0.29, 0.717) is 0 Å². The SMILES string of the molecule is NC1NCCNC1C=O. The van der Waals surface area contributed by atoms with E-state index >= 15 is 0 Å². The lowest BCUT2D eigenvalue weighted by Crippen LogP contribution is -2.60. The van der Waals surface area contributed by atoms with E-state index in [0.717, 1.165) is 19.4 Å². The first-order chi connectivity index (χ1) is 4.34. The summed E-state index contributed by atoms with van der Waals surface area (Å²) in [6.45, 7) is 1.66. The first-order valence-electron chi connectivity index (χ1n) is 3.02. The fraction of sp³-hybridized carbons (Fsp3) is 0.800. The zero-order valence-corrected chi connectivity index (χ0v) is 5.13. The van der Waals surface area contributed by atoms with Gasteiger partial charge >= 0.3 is 0 Å². The zero-order valence-electron chi connectivity index (χ0n) is 5.13. The van der Waals surface area contributed by atoms with Crippen molar-refractivity contribution in [1.29, 1.82) is 0 Å². The van der Waals surface area contributed by atoms with Gasteiger partial charge in [-0.3, -0.25) is 5.32 Å². The first-order valence-corrected chi connectivity index (χ1v) is 3.02. The fourth-order valence-corrected chi connectivity index (χ4v) is 0.864. The van der Waals surface area contributed by atoms with E-state index in [1.165, 1.54) is 0 Å². The number of nitrogens with one attached hydrogen (secondary N) is 2. The van der Waals surface area contributed by atoms with Crippen molar-refractivity contribution in [1.82, 2.24) is 10.6 Å². The average molecular weight is 129 g/mol. The molecular weight excluding hydrogens is 118 g/mol. The van der Waals surface area contributed by atoms with E-state index < -0.39 is 0 Å². The number of hydrogen-bond donors (Lipinski definition) is 3. The van der Waals surface area contributed by atoms with Crippen LogP contribution < -0.4 is 16.4 Å². The van der Waals surface area contributed by atoms with Crippen molar-refractivity contribution in [3.05, 3.63) is 0 Å². The van der Waals surface area contributed by atoms with Crippen LogP contribution in [0.25, 0.3) is 0 Å². The van der Waals surface area contributed by atoms with Crippen LogP contribution in [0.5, 0.6) is 0 Å². The van der Waals surface area contributed by atoms with Crippen LogP contribution in [0.4, 0.5) is 0 Å². The minimum Gasteiger partial charge on any atom is -0.314 e. The molecule has 1 heterocycles. The van der Waals surface area contributed by atoms with Gasteiger partial charge in [0.2, 0.25) is 0 Å². The van der Waals surface area contributed by atoms with Gasteiger partial charge in [-0.25, -0.2) is 0 Å². The smallest absolute Gasteiger partial charge is 0.139 e. The summed E-state index contributed by atoms with van der Waals surface area (Å²) >= 11 is 0. The minimum absolute atomic E-state index is 0.209. The molecule has 0 aromatic rings. The van der Waals surface area contributed by atoms with E-state index in [4.69, 9.17) is 5.73 Å². The molecule has 0 aliphatic carbocycles. The Morgan fingerprint density at radius 1 is 1.44 bits per heavy atom. The third kappa shape index (κ3) is 1.48. The topological polar surface area (TPSA) is 67.2 Å². The maximum absolute atomic E-state index is 10.2. The molecule has 52 valence electrons. The molecule has 0 spiro atoms. The van der Waals surface area contributed by atoms with E-state index in [2.05, 4.69) is 10.6 Å². The molecular formula is C5H11N3O. The van der Waals surface area contributed by atoms with Gasteiger partial charge < -0.3 is 15.8 Å². The number of rotatable bonds is 1. The Balaban J connectivity index is 2.38. The number of hydrogen-bond acceptors (Lipinski definition) is 4. The second-order valence-electron chi connectivity index (χ2n) is 2.10. The molecule has 0 amide bonds. The number of aldehydes is 1. The first kappa shape index (κ1) is 6.67. The molecule has 2 atom stereocenters. The lowest BCUT2D eigenvalue weighted by molar-refractivity contribution is -0.110. The zero-order chi connectivity index (χ0) is 6.69. The van der Waals surface area contributed by atoms with Crippen molar-refractivity contribution < 1.29 is 4.79 Å². The molecule has 0 bridgehead atoms. The molecule has 0 aromatic carbocycles. The molecule has 1 aliphatic heterocycles. The lowest BCUT2D eigenvalue weighted by atomic mass is 10.2. The van der Waals surface area contributed by atoms with Gasteiger partial charge in [0.25, 0.3) is 0 Å². The average Bonchev–Trinajstić information content (AvgIpc) is 1.89. The van der Waals surface area contributed by atoms with Crippen molar-refractivity contribution in [2.45, 2.75) is 12.2 Å². The lowest BCUT2D eigenvalue weighted by Gasteiger charge is -2.26. The van der Waals surface area contributed by atoms with Gasteiger partial charge in [-0.1, -0.05) is 0 Å². The van der Waals surface area contributed by atoms with Crippen LogP contribution in [0, 0.1) is 0 Å². The maximum atomic E-state index is 10.2. The molecule has 9 heavy (non-hydrogen) atoms. The summed E-state index contributed by atoms with van der Waals surface area (Å²) in [6, 6.07) is -0.209. The Morgan fingerprint density at radius 2 is 2.11 bits per heavy atom. The van der Waals surface area contributed by atoms with Crippen LogP contribution in [0.1, 0.15) is 0 Å². The Morgan fingerprint density at radius 3 is 2.56 bits per heavy atom. The summed E-state index contributed by atoms with van der Waals surface area (Å²) in [5.74, 6) is 0. The second kappa shape index (κ2) is 2.91. The summed E-state index contributed by atoms with van der Waals surface area (Å²) in [6.07, 6.45) is 0.618. The van der Waals surface area contributed by atoms with Crippen molar-refractivity contribution in [2.24, 2.45) is 5.73 Å². The molecule has 2 unspecified atom stereocenters. The van der Waals surface area contributed by atoms with Gasteiger partial charge in [0.1, 0.15) is 6.29 Å². The predicted molar refractivity (Wildman–Crippen MR) is 33.8 cm³/mol. The monoisotopic (exact) mass is 129 g/mol. The highest BCUT2D eigenvalue weighted by molar-refractivity contribution is 5.59. The molecule has 1 saturated heterocycles. The van der Waals surface area contributed by atoms with Gasteiger partial charge in [-0.15, -0.1) is 0 Å². The summed E-state index contributed by atoms with van der Waals surface area (Å²) in [5.41, 5.74) is 5.48. The van der Waals surface area contributed by atoms with E-state index in [1.807, 2.05) is 0 Å². The third-order valence-electron chi connectivity index (χ3n) is 1.42. The Labute approximate surface area is 53.8 Å². The van der Waals surface area contributed by atoms with E-state index in [1.54, 1.807) is 0 Å². The van der Waals surface area contributed by atoms with Gasteiger partial charge in [0.05, 0.1) is 12.2 Å². The molecule has 0 aromatic heterocycles. The molecule has 4 nitrogen and oxygen atoms in total. The maximum Gasteiger partial charge on any atom is 0.139 e. The van der Waals surface area contributed by atoms with Gasteiger partial charge in [0.15, 0.2) is 0 Å². The van der Waals surface area contributed by atoms with Crippen molar-refractivity contribution >= 4 is 6.29 Å². The molecule has 1 aliphatic rings. The van der Waals surface area contributed by atoms with Crippen LogP contribution >= 0.6 is 0 Å². The molecule has 1 rings (SSSR count). The van der Waals surface area contributed by atoms with Gasteiger partial charge in [-0.05, 0) is 0 Å². The van der Waals surface area contributed by atoms with Crippen LogP contribution in [-0.4, -0.2) is 31.6 Å². The van der Waals surface area contributed by atoms with Crippen LogP contribution in [0.3, 0.4) is 0 Å². The van der Waals surface area contributed by atoms with Crippen LogP contribution in [0.15, 0.2) is 0 Å². The predicted octanol–water partition coefficient (Wildman–Crippen LogP) is -1.97. The highest BCUT2D eigenvalue weighted by Gasteiger charge is 2.18. The van der Waals surface area contributed by atoms with E-state index in [-0.39, 0.29) is 12.2 Å². The summed E-state index contributed by atoms with van der Waals surface area (Å²) in [5, 5.41) is 5.93. The van der Waals surface area contributed by atoms with Gasteiger partial charge in [-0.2, -0.15) is 0 Å². The second-order valence-corrected chi connectivity index (χ2v) is 2.10. The summed E-state index contributed by atoms with van der Waals surface area (Å²) in [4.78, 5) is 10.2. The molecule has 0 saturated carbocycles. The molecule has 4 heteroatoms. The number of carbonyl (C=O) groups excluding carboxylic acids is 1. The Hall–Kier alpha value is -0.450. The van der Waals surface area contributed by atoms with Crippen LogP contribution in [0.2, 0.25) is 0 Å². The third-order valence-corrected chi connectivity index (χ3v) is 1.42. The Kier molecular flexibility index (Phi) is 2.16. The minimum atomic E-state index is -0.212. The number of piperazine rings is 1. The van der Waals surface area contributed by atoms with Gasteiger partial charge in [0, 0.05) is 13.1 Å². The number of carbonyl (C=O) groups is 1. The highest BCUT2D eigenvalue weighted by atomic mass is 16.1. The molecule has 4 N–H and O–H groups in total. The molecule has 0 radical (unpaired) electrons. The Bertz CT molecular complexity index is 106. The van der Waals surface area contributed by atoms with Crippen molar-refractivity contribution in [3.63, 3.8) is 0 Å². The van der Waals surface area contributed by atoms with E-state index in [9.17, 15) is 4.79 Å².